The average Bonchev–Trinajstić information content (AvgIpc) is 3.11. The predicted octanol–water partition coefficient (Wildman–Crippen LogP) is 3.71. The monoisotopic (exact) mass is 406 g/mol. The van der Waals surface area contributed by atoms with Crippen LogP contribution in [0.1, 0.15) is 5.56 Å². The fourth-order valence-corrected chi connectivity index (χ4v) is 2.90. The summed E-state index contributed by atoms with van der Waals surface area (Å²) in [4.78, 5) is 18.1. The highest BCUT2D eigenvalue weighted by Crippen LogP contribution is 2.31. The summed E-state index contributed by atoms with van der Waals surface area (Å²) in [5.41, 5.74) is 0.223. The first kappa shape index (κ1) is 18.7. The lowest BCUT2D eigenvalue weighted by Gasteiger charge is -2.23. The molecular formula is C18H13F3N4O4. The molecule has 2 aromatic heterocycles. The van der Waals surface area contributed by atoms with Gasteiger partial charge in [0.2, 0.25) is 0 Å². The van der Waals surface area contributed by atoms with Crippen molar-refractivity contribution in [3.05, 3.63) is 64.5 Å². The number of nitrogens with zero attached hydrogens (tertiary/aromatic N) is 4. The van der Waals surface area contributed by atoms with Gasteiger partial charge in [0.1, 0.15) is 18.6 Å². The summed E-state index contributed by atoms with van der Waals surface area (Å²) in [6.45, 7) is 0.445. The third kappa shape index (κ3) is 3.98. The molecule has 1 aliphatic heterocycles. The normalized spacial score (nSPS) is 16.0. The Bertz CT molecular complexity index is 1050. The van der Waals surface area contributed by atoms with Crippen LogP contribution in [0.2, 0.25) is 0 Å². The predicted molar refractivity (Wildman–Crippen MR) is 93.5 cm³/mol. The van der Waals surface area contributed by atoms with Crippen molar-refractivity contribution < 1.29 is 27.6 Å². The van der Waals surface area contributed by atoms with E-state index in [1.54, 1.807) is 12.1 Å². The fourth-order valence-electron chi connectivity index (χ4n) is 2.90. The second-order valence-corrected chi connectivity index (χ2v) is 6.29. The first-order chi connectivity index (χ1) is 13.8. The Morgan fingerprint density at radius 1 is 1.24 bits per heavy atom. The van der Waals surface area contributed by atoms with Gasteiger partial charge in [-0.1, -0.05) is 12.1 Å². The summed E-state index contributed by atoms with van der Waals surface area (Å²) < 4.78 is 50.9. The van der Waals surface area contributed by atoms with E-state index in [4.69, 9.17) is 9.47 Å². The van der Waals surface area contributed by atoms with Gasteiger partial charge in [0.15, 0.2) is 6.10 Å². The first-order valence-electron chi connectivity index (χ1n) is 8.44. The second-order valence-electron chi connectivity index (χ2n) is 6.29. The molecule has 0 spiro atoms. The maximum Gasteiger partial charge on any atom is 0.416 e. The molecule has 0 N–H and O–H groups in total. The molecule has 0 saturated heterocycles. The summed E-state index contributed by atoms with van der Waals surface area (Å²) in [6.07, 6.45) is -2.08. The van der Waals surface area contributed by atoms with Gasteiger partial charge in [-0.25, -0.2) is 0 Å². The lowest BCUT2D eigenvalue weighted by atomic mass is 10.1. The number of aromatic nitrogens is 3. The molecule has 11 heteroatoms. The summed E-state index contributed by atoms with van der Waals surface area (Å²) in [6, 6.07) is 8.04. The highest BCUT2D eigenvalue weighted by Gasteiger charge is 2.30. The molecule has 150 valence electrons. The van der Waals surface area contributed by atoms with E-state index in [-0.39, 0.29) is 18.4 Å². The molecule has 0 fully saturated rings. The number of rotatable bonds is 4. The van der Waals surface area contributed by atoms with Gasteiger partial charge in [0.05, 0.1) is 17.8 Å². The van der Waals surface area contributed by atoms with E-state index in [1.807, 2.05) is 0 Å². The van der Waals surface area contributed by atoms with Crippen LogP contribution in [0.4, 0.5) is 19.0 Å². The molecule has 0 bridgehead atoms. The number of hydrogen-bond donors (Lipinski definition) is 0. The van der Waals surface area contributed by atoms with Crippen molar-refractivity contribution in [3.8, 4) is 23.0 Å². The van der Waals surface area contributed by atoms with E-state index in [0.29, 0.717) is 23.6 Å². The van der Waals surface area contributed by atoms with Crippen LogP contribution in [-0.4, -0.2) is 32.2 Å². The maximum absolute atomic E-state index is 12.7. The lowest BCUT2D eigenvalue weighted by Crippen LogP contribution is -2.34. The zero-order chi connectivity index (χ0) is 20.6. The van der Waals surface area contributed by atoms with E-state index >= 15 is 0 Å². The van der Waals surface area contributed by atoms with Crippen molar-refractivity contribution >= 4 is 5.82 Å². The molecule has 3 aromatic rings. The molecular weight excluding hydrogens is 393 g/mol. The number of benzene rings is 1. The van der Waals surface area contributed by atoms with E-state index in [9.17, 15) is 23.3 Å². The number of nitro groups is 1. The molecule has 3 heterocycles. The van der Waals surface area contributed by atoms with Crippen molar-refractivity contribution in [1.29, 1.82) is 0 Å². The van der Waals surface area contributed by atoms with Crippen LogP contribution in [0.25, 0.3) is 11.3 Å². The van der Waals surface area contributed by atoms with Crippen LogP contribution < -0.4 is 9.47 Å². The molecule has 0 amide bonds. The quantitative estimate of drug-likeness (QED) is 0.485. The number of alkyl halides is 3. The van der Waals surface area contributed by atoms with Crippen LogP contribution in [0.5, 0.6) is 11.8 Å². The van der Waals surface area contributed by atoms with Crippen molar-refractivity contribution in [2.75, 3.05) is 6.61 Å². The van der Waals surface area contributed by atoms with Gasteiger partial charge in [0, 0.05) is 22.8 Å². The molecule has 8 nitrogen and oxygen atoms in total. The number of fused-ring (bicyclic) bond motifs is 1. The number of ether oxygens (including phenoxy) is 2. The van der Waals surface area contributed by atoms with Crippen LogP contribution in [0, 0.1) is 10.1 Å². The summed E-state index contributed by atoms with van der Waals surface area (Å²) in [5, 5.41) is 10.8. The smallest absolute Gasteiger partial charge is 0.416 e. The van der Waals surface area contributed by atoms with Crippen molar-refractivity contribution in [1.82, 2.24) is 14.5 Å². The maximum atomic E-state index is 12.7. The average molecular weight is 406 g/mol. The fraction of sp³-hybridized carbons (Fsp3) is 0.222. The molecule has 1 aliphatic rings. The molecule has 4 rings (SSSR count). The zero-order valence-corrected chi connectivity index (χ0v) is 14.7. The van der Waals surface area contributed by atoms with Gasteiger partial charge in [-0.05, 0) is 23.1 Å². The Kier molecular flexibility index (Phi) is 4.57. The van der Waals surface area contributed by atoms with E-state index < -0.39 is 22.8 Å². The highest BCUT2D eigenvalue weighted by molar-refractivity contribution is 5.61. The van der Waals surface area contributed by atoms with Crippen LogP contribution >= 0.6 is 0 Å². The summed E-state index contributed by atoms with van der Waals surface area (Å²) in [7, 11) is 0. The van der Waals surface area contributed by atoms with Crippen LogP contribution in [0.15, 0.2) is 48.8 Å². The van der Waals surface area contributed by atoms with Crippen molar-refractivity contribution in [2.24, 2.45) is 0 Å². The third-order valence-electron chi connectivity index (χ3n) is 4.26. The summed E-state index contributed by atoms with van der Waals surface area (Å²) >= 11 is 0. The molecule has 1 aromatic carbocycles. The Hall–Kier alpha value is -3.63. The van der Waals surface area contributed by atoms with Gasteiger partial charge in [0.25, 0.3) is 0 Å². The summed E-state index contributed by atoms with van der Waals surface area (Å²) in [5.74, 6) is 0.135. The molecule has 0 radical (unpaired) electrons. The minimum atomic E-state index is -4.40. The van der Waals surface area contributed by atoms with E-state index in [0.717, 1.165) is 12.1 Å². The number of halogens is 3. The Morgan fingerprint density at radius 2 is 2.00 bits per heavy atom. The minimum Gasteiger partial charge on any atom is -0.485 e. The SMILES string of the molecule is O=[N+]([O-])c1cn2c(n1)OC[C@@H](Oc1ccnc(-c3ccc(C(F)(F)F)cc3)c1)C2. The van der Waals surface area contributed by atoms with Gasteiger partial charge in [-0.15, -0.1) is 0 Å². The van der Waals surface area contributed by atoms with Gasteiger partial charge < -0.3 is 19.6 Å². The van der Waals surface area contributed by atoms with E-state index in [2.05, 4.69) is 9.97 Å². The molecule has 29 heavy (non-hydrogen) atoms. The standard InChI is InChI=1S/C18H13F3N4O4/c19-18(20,21)12-3-1-11(2-4-12)15-7-13(5-6-22-15)29-14-8-24-9-16(25(26)27)23-17(24)28-10-14/h1-7,9,14H,8,10H2/t14-/m0/s1. The van der Waals surface area contributed by atoms with E-state index in [1.165, 1.54) is 29.1 Å². The Balaban J connectivity index is 1.49. The van der Waals surface area contributed by atoms with Crippen LogP contribution in [0.3, 0.4) is 0 Å². The van der Waals surface area contributed by atoms with Crippen molar-refractivity contribution in [3.63, 3.8) is 0 Å². The lowest BCUT2D eigenvalue weighted by molar-refractivity contribution is -0.389. The number of pyridine rings is 1. The molecule has 1 atom stereocenters. The van der Waals surface area contributed by atoms with Crippen LogP contribution in [-0.2, 0) is 12.7 Å². The second kappa shape index (κ2) is 7.08. The Morgan fingerprint density at radius 3 is 2.69 bits per heavy atom. The topological polar surface area (TPSA) is 92.3 Å². The number of imidazole rings is 1. The highest BCUT2D eigenvalue weighted by atomic mass is 19.4. The zero-order valence-electron chi connectivity index (χ0n) is 14.7. The molecule has 0 aliphatic carbocycles. The van der Waals surface area contributed by atoms with Gasteiger partial charge in [-0.3, -0.25) is 9.55 Å². The number of hydrogen-bond acceptors (Lipinski definition) is 6. The molecule has 0 saturated carbocycles. The first-order valence-corrected chi connectivity index (χ1v) is 8.44. The van der Waals surface area contributed by atoms with Crippen molar-refractivity contribution in [2.45, 2.75) is 18.8 Å². The minimum absolute atomic E-state index is 0.145. The van der Waals surface area contributed by atoms with Gasteiger partial charge in [-0.2, -0.15) is 13.2 Å². The third-order valence-corrected chi connectivity index (χ3v) is 4.26. The largest absolute Gasteiger partial charge is 0.485 e. The molecule has 0 unspecified atom stereocenters. The Labute approximate surface area is 161 Å². The van der Waals surface area contributed by atoms with Gasteiger partial charge >= 0.3 is 18.0 Å².